The summed E-state index contributed by atoms with van der Waals surface area (Å²) >= 11 is 0. The molecule has 0 saturated carbocycles. The lowest BCUT2D eigenvalue weighted by Gasteiger charge is -2.16. The number of rotatable bonds is 5. The third-order valence-electron chi connectivity index (χ3n) is 4.67. The van der Waals surface area contributed by atoms with E-state index < -0.39 is 17.8 Å². The van der Waals surface area contributed by atoms with E-state index in [1.807, 2.05) is 6.92 Å². The van der Waals surface area contributed by atoms with Crippen LogP contribution in [0.25, 0.3) is 0 Å². The van der Waals surface area contributed by atoms with Crippen LogP contribution in [0.2, 0.25) is 0 Å². The van der Waals surface area contributed by atoms with E-state index in [9.17, 15) is 9.18 Å². The van der Waals surface area contributed by atoms with Crippen molar-refractivity contribution in [2.24, 2.45) is 16.2 Å². The van der Waals surface area contributed by atoms with E-state index in [0.29, 0.717) is 17.2 Å². The van der Waals surface area contributed by atoms with Crippen molar-refractivity contribution in [3.05, 3.63) is 53.3 Å². The lowest BCUT2D eigenvalue weighted by molar-refractivity contribution is -0.115. The van der Waals surface area contributed by atoms with Gasteiger partial charge >= 0.3 is 0 Å². The number of ether oxygens (including phenoxy) is 3. The smallest absolute Gasteiger partial charge is 0.289 e. The molecular formula is C20H18FN3O5. The number of hydrazone groups is 1. The zero-order valence-corrected chi connectivity index (χ0v) is 15.7. The number of hydrogen-bond acceptors (Lipinski definition) is 7. The molecule has 0 aromatic heterocycles. The van der Waals surface area contributed by atoms with Gasteiger partial charge in [0.2, 0.25) is 12.5 Å². The summed E-state index contributed by atoms with van der Waals surface area (Å²) in [5.74, 6) is 0.269. The summed E-state index contributed by atoms with van der Waals surface area (Å²) in [7, 11) is 1.53. The van der Waals surface area contributed by atoms with Crippen molar-refractivity contribution < 1.29 is 28.2 Å². The van der Waals surface area contributed by atoms with Crippen LogP contribution in [-0.2, 0) is 9.63 Å². The highest BCUT2D eigenvalue weighted by molar-refractivity contribution is 6.39. The topological polar surface area (TPSA) is 90.7 Å². The maximum atomic E-state index is 13.6. The fraction of sp³-hybridized carbons (Fsp3) is 0.250. The summed E-state index contributed by atoms with van der Waals surface area (Å²) < 4.78 is 29.8. The van der Waals surface area contributed by atoms with E-state index in [4.69, 9.17) is 19.0 Å². The van der Waals surface area contributed by atoms with Gasteiger partial charge in [-0.3, -0.25) is 4.79 Å². The molecule has 1 N–H and O–H groups in total. The number of benzene rings is 2. The number of fused-ring (bicyclic) bond motifs is 1. The first-order valence-electron chi connectivity index (χ1n) is 8.87. The molecule has 2 aliphatic heterocycles. The Bertz CT molecular complexity index is 1010. The summed E-state index contributed by atoms with van der Waals surface area (Å²) in [6, 6.07) is 9.65. The van der Waals surface area contributed by atoms with E-state index in [-0.39, 0.29) is 24.0 Å². The van der Waals surface area contributed by atoms with Crippen molar-refractivity contribution in [3.63, 3.8) is 0 Å². The van der Waals surface area contributed by atoms with Crippen LogP contribution in [0.3, 0.4) is 0 Å². The molecule has 2 atom stereocenters. The molecule has 9 heteroatoms. The summed E-state index contributed by atoms with van der Waals surface area (Å²) in [6.45, 7) is 1.92. The summed E-state index contributed by atoms with van der Waals surface area (Å²) in [5.41, 5.74) is 3.52. The van der Waals surface area contributed by atoms with Crippen molar-refractivity contribution in [1.29, 1.82) is 0 Å². The van der Waals surface area contributed by atoms with Gasteiger partial charge in [-0.1, -0.05) is 30.3 Å². The monoisotopic (exact) mass is 399 g/mol. The summed E-state index contributed by atoms with van der Waals surface area (Å²) in [5, 5.41) is 7.71. The van der Waals surface area contributed by atoms with Gasteiger partial charge in [0.15, 0.2) is 23.3 Å². The molecular weight excluding hydrogens is 381 g/mol. The van der Waals surface area contributed by atoms with Gasteiger partial charge in [-0.2, -0.15) is 5.10 Å². The molecule has 0 aliphatic carbocycles. The Labute approximate surface area is 165 Å². The van der Waals surface area contributed by atoms with Crippen molar-refractivity contribution in [3.8, 4) is 17.2 Å². The van der Waals surface area contributed by atoms with Crippen molar-refractivity contribution >= 4 is 17.8 Å². The number of nitrogens with one attached hydrogen (secondary N) is 1. The van der Waals surface area contributed by atoms with Gasteiger partial charge < -0.3 is 19.0 Å². The summed E-state index contributed by atoms with van der Waals surface area (Å²) in [6.07, 6.45) is 0.726. The molecule has 1 amide bonds. The van der Waals surface area contributed by atoms with Crippen LogP contribution in [0, 0.1) is 11.7 Å². The molecule has 0 radical (unpaired) electrons. The van der Waals surface area contributed by atoms with Gasteiger partial charge in [0.1, 0.15) is 5.82 Å². The molecule has 2 aromatic carbocycles. The highest BCUT2D eigenvalue weighted by Crippen LogP contribution is 2.45. The molecule has 2 aliphatic rings. The first-order valence-corrected chi connectivity index (χ1v) is 8.87. The highest BCUT2D eigenvalue weighted by Gasteiger charge is 2.37. The molecule has 4 rings (SSSR count). The van der Waals surface area contributed by atoms with E-state index in [2.05, 4.69) is 15.7 Å². The number of hydrogen-bond donors (Lipinski definition) is 1. The van der Waals surface area contributed by atoms with Crippen molar-refractivity contribution in [2.75, 3.05) is 13.9 Å². The highest BCUT2D eigenvalue weighted by atomic mass is 19.1. The van der Waals surface area contributed by atoms with E-state index >= 15 is 0 Å². The average molecular weight is 399 g/mol. The Hall–Kier alpha value is -3.62. The zero-order chi connectivity index (χ0) is 20.4. The lowest BCUT2D eigenvalue weighted by Crippen LogP contribution is -2.31. The third kappa shape index (κ3) is 3.58. The average Bonchev–Trinajstić information content (AvgIpc) is 3.35. The molecule has 150 valence electrons. The van der Waals surface area contributed by atoms with Gasteiger partial charge in [0.05, 0.1) is 19.2 Å². The van der Waals surface area contributed by atoms with E-state index in [1.165, 1.54) is 19.4 Å². The first kappa shape index (κ1) is 18.7. The molecule has 29 heavy (non-hydrogen) atoms. The maximum absolute atomic E-state index is 13.6. The minimum absolute atomic E-state index is 0.112. The van der Waals surface area contributed by atoms with Crippen molar-refractivity contribution in [2.45, 2.75) is 13.0 Å². The molecule has 2 heterocycles. The quantitative estimate of drug-likeness (QED) is 0.617. The summed E-state index contributed by atoms with van der Waals surface area (Å²) in [4.78, 5) is 17.9. The standard InChI is InChI=1S/C20H18FN3O5/c1-11-17(20(25)23-22-9-12-5-3-4-6-14(12)21)24-29-18(11)13-7-15(26-2)19-16(8-13)27-10-28-19/h3-9,11,18H,10H2,1-2H3,(H,23,25)/b22-9-/t11-,18-/m1/s1. The molecule has 8 nitrogen and oxygen atoms in total. The van der Waals surface area contributed by atoms with Crippen LogP contribution in [0.1, 0.15) is 24.2 Å². The van der Waals surface area contributed by atoms with Crippen molar-refractivity contribution in [1.82, 2.24) is 5.43 Å². The van der Waals surface area contributed by atoms with Gasteiger partial charge in [0, 0.05) is 11.1 Å². The second-order valence-electron chi connectivity index (χ2n) is 6.47. The van der Waals surface area contributed by atoms with Gasteiger partial charge in [-0.15, -0.1) is 0 Å². The van der Waals surface area contributed by atoms with Crippen LogP contribution in [0.15, 0.2) is 46.7 Å². The normalized spacial score (nSPS) is 19.8. The number of nitrogens with zero attached hydrogens (tertiary/aromatic N) is 2. The predicted octanol–water partition coefficient (Wildman–Crippen LogP) is 2.78. The number of methoxy groups -OCH3 is 1. The Kier molecular flexibility index (Phi) is 5.03. The molecule has 0 fully saturated rings. The fourth-order valence-corrected chi connectivity index (χ4v) is 3.14. The lowest BCUT2D eigenvalue weighted by atomic mass is 9.93. The number of oxime groups is 1. The fourth-order valence-electron chi connectivity index (χ4n) is 3.14. The Morgan fingerprint density at radius 3 is 2.97 bits per heavy atom. The van der Waals surface area contributed by atoms with Crippen LogP contribution in [-0.4, -0.2) is 31.7 Å². The van der Waals surface area contributed by atoms with Crippen LogP contribution in [0.5, 0.6) is 17.2 Å². The van der Waals surface area contributed by atoms with Crippen LogP contribution < -0.4 is 19.6 Å². The zero-order valence-electron chi connectivity index (χ0n) is 15.7. The molecule has 0 saturated heterocycles. The van der Waals surface area contributed by atoms with Crippen LogP contribution >= 0.6 is 0 Å². The second kappa shape index (κ2) is 7.78. The van der Waals surface area contributed by atoms with Gasteiger partial charge in [-0.25, -0.2) is 9.82 Å². The van der Waals surface area contributed by atoms with Crippen LogP contribution in [0.4, 0.5) is 4.39 Å². The SMILES string of the molecule is COc1cc([C@@H]2ON=C(C(=O)N/N=C\c3ccccc3F)[C@H]2C)cc2c1OCO2. The van der Waals surface area contributed by atoms with Gasteiger partial charge in [-0.05, 0) is 18.2 Å². The Morgan fingerprint density at radius 2 is 2.17 bits per heavy atom. The Morgan fingerprint density at radius 1 is 1.34 bits per heavy atom. The van der Waals surface area contributed by atoms with E-state index in [1.54, 1.807) is 30.3 Å². The predicted molar refractivity (Wildman–Crippen MR) is 102 cm³/mol. The number of amides is 1. The third-order valence-corrected chi connectivity index (χ3v) is 4.67. The first-order chi connectivity index (χ1) is 14.1. The minimum Gasteiger partial charge on any atom is -0.493 e. The molecule has 0 unspecified atom stereocenters. The molecule has 0 spiro atoms. The molecule has 2 aromatic rings. The van der Waals surface area contributed by atoms with E-state index in [0.717, 1.165) is 5.56 Å². The van der Waals surface area contributed by atoms with Gasteiger partial charge in [0.25, 0.3) is 5.91 Å². The number of carbonyl (C=O) groups is 1. The minimum atomic E-state index is -0.528. The largest absolute Gasteiger partial charge is 0.493 e. The molecule has 0 bridgehead atoms. The second-order valence-corrected chi connectivity index (χ2v) is 6.47. The number of carbonyl (C=O) groups excluding carboxylic acids is 1. The number of halogens is 1. The Balaban J connectivity index is 1.45. The maximum Gasteiger partial charge on any atom is 0.289 e.